The van der Waals surface area contributed by atoms with Crippen LogP contribution in [0.2, 0.25) is 0 Å². The van der Waals surface area contributed by atoms with Crippen molar-refractivity contribution < 1.29 is 9.13 Å². The van der Waals surface area contributed by atoms with E-state index in [0.717, 1.165) is 18.7 Å². The van der Waals surface area contributed by atoms with Gasteiger partial charge in [0, 0.05) is 19.7 Å². The van der Waals surface area contributed by atoms with Gasteiger partial charge in [0.25, 0.3) is 0 Å². The summed E-state index contributed by atoms with van der Waals surface area (Å²) in [4.78, 5) is 2.00. The fourth-order valence-corrected chi connectivity index (χ4v) is 1.65. The molecular formula is C14H23FN2O. The Kier molecular flexibility index (Phi) is 4.96. The van der Waals surface area contributed by atoms with Gasteiger partial charge in [-0.3, -0.25) is 0 Å². The van der Waals surface area contributed by atoms with Crippen LogP contribution in [0.1, 0.15) is 20.3 Å². The van der Waals surface area contributed by atoms with E-state index in [4.69, 9.17) is 10.5 Å². The van der Waals surface area contributed by atoms with Crippen LogP contribution in [0.3, 0.4) is 0 Å². The minimum absolute atomic E-state index is 0.0921. The molecule has 0 bridgehead atoms. The number of hydrogen-bond acceptors (Lipinski definition) is 3. The second kappa shape index (κ2) is 6.05. The van der Waals surface area contributed by atoms with Crippen LogP contribution >= 0.6 is 0 Å². The molecule has 0 aliphatic heterocycles. The Balaban J connectivity index is 2.77. The van der Waals surface area contributed by atoms with Gasteiger partial charge in [-0.05, 0) is 30.5 Å². The molecule has 0 radical (unpaired) electrons. The first-order valence-corrected chi connectivity index (χ1v) is 6.14. The lowest BCUT2D eigenvalue weighted by Crippen LogP contribution is -2.30. The van der Waals surface area contributed by atoms with Crippen LogP contribution in [-0.2, 0) is 0 Å². The predicted octanol–water partition coefficient (Wildman–Crippen LogP) is 2.65. The molecule has 0 heterocycles. The maximum atomic E-state index is 13.3. The highest BCUT2D eigenvalue weighted by Crippen LogP contribution is 2.29. The predicted molar refractivity (Wildman–Crippen MR) is 73.7 cm³/mol. The third kappa shape index (κ3) is 3.88. The number of ether oxygens (including phenoxy) is 1. The number of nitrogens with zero attached hydrogens (tertiary/aromatic N) is 1. The maximum Gasteiger partial charge on any atom is 0.142 e. The van der Waals surface area contributed by atoms with Crippen LogP contribution in [0.5, 0.6) is 5.75 Å². The van der Waals surface area contributed by atoms with E-state index in [9.17, 15) is 4.39 Å². The van der Waals surface area contributed by atoms with Crippen molar-refractivity contribution in [3.05, 3.63) is 24.0 Å². The van der Waals surface area contributed by atoms with Gasteiger partial charge in [0.15, 0.2) is 0 Å². The smallest absolute Gasteiger partial charge is 0.142 e. The number of benzene rings is 1. The molecule has 0 unspecified atom stereocenters. The van der Waals surface area contributed by atoms with Crippen LogP contribution < -0.4 is 15.4 Å². The van der Waals surface area contributed by atoms with Crippen LogP contribution in [0, 0.1) is 11.2 Å². The number of rotatable bonds is 6. The van der Waals surface area contributed by atoms with E-state index in [1.807, 2.05) is 11.9 Å². The van der Waals surface area contributed by atoms with Gasteiger partial charge in [0.2, 0.25) is 0 Å². The van der Waals surface area contributed by atoms with Gasteiger partial charge in [0.1, 0.15) is 11.6 Å². The van der Waals surface area contributed by atoms with Gasteiger partial charge in [0.05, 0.1) is 12.8 Å². The van der Waals surface area contributed by atoms with Crippen molar-refractivity contribution in [2.24, 2.45) is 11.1 Å². The molecule has 1 rings (SSSR count). The molecule has 0 amide bonds. The monoisotopic (exact) mass is 254 g/mol. The standard InChI is InChI=1S/C14H23FN2O/c1-14(2,10-16)7-8-17(3)12-9-11(15)5-6-13(12)18-4/h5-6,9H,7-8,10,16H2,1-4H3. The van der Waals surface area contributed by atoms with E-state index in [-0.39, 0.29) is 11.2 Å². The molecule has 0 atom stereocenters. The van der Waals surface area contributed by atoms with Crippen LogP contribution in [0.4, 0.5) is 10.1 Å². The molecule has 0 spiro atoms. The van der Waals surface area contributed by atoms with Crippen molar-refractivity contribution in [3.63, 3.8) is 0 Å². The lowest BCUT2D eigenvalue weighted by atomic mass is 9.89. The second-order valence-corrected chi connectivity index (χ2v) is 5.36. The highest BCUT2D eigenvalue weighted by Gasteiger charge is 2.17. The third-order valence-corrected chi connectivity index (χ3v) is 3.23. The molecule has 3 nitrogen and oxygen atoms in total. The zero-order valence-electron chi connectivity index (χ0n) is 11.7. The van der Waals surface area contributed by atoms with E-state index >= 15 is 0 Å². The average molecular weight is 254 g/mol. The summed E-state index contributed by atoms with van der Waals surface area (Å²) in [7, 11) is 3.53. The first-order chi connectivity index (χ1) is 8.39. The van der Waals surface area contributed by atoms with Gasteiger partial charge in [-0.1, -0.05) is 13.8 Å². The molecule has 0 fully saturated rings. The van der Waals surface area contributed by atoms with Gasteiger partial charge >= 0.3 is 0 Å². The highest BCUT2D eigenvalue weighted by molar-refractivity contribution is 5.58. The molecule has 0 aliphatic rings. The Bertz CT molecular complexity index is 393. The average Bonchev–Trinajstić information content (AvgIpc) is 2.36. The van der Waals surface area contributed by atoms with Gasteiger partial charge in [-0.2, -0.15) is 0 Å². The molecule has 1 aromatic carbocycles. The molecule has 18 heavy (non-hydrogen) atoms. The van der Waals surface area contributed by atoms with Crippen molar-refractivity contribution in [3.8, 4) is 5.75 Å². The Labute approximate surface area is 109 Å². The SMILES string of the molecule is COc1ccc(F)cc1N(C)CCC(C)(C)CN. The summed E-state index contributed by atoms with van der Waals surface area (Å²) in [6.07, 6.45) is 0.944. The van der Waals surface area contributed by atoms with E-state index < -0.39 is 0 Å². The minimum Gasteiger partial charge on any atom is -0.495 e. The summed E-state index contributed by atoms with van der Waals surface area (Å²) in [6.45, 7) is 5.71. The van der Waals surface area contributed by atoms with Gasteiger partial charge < -0.3 is 15.4 Å². The van der Waals surface area contributed by atoms with E-state index in [1.54, 1.807) is 13.2 Å². The van der Waals surface area contributed by atoms with Crippen LogP contribution in [-0.4, -0.2) is 27.2 Å². The highest BCUT2D eigenvalue weighted by atomic mass is 19.1. The Morgan fingerprint density at radius 1 is 1.39 bits per heavy atom. The Morgan fingerprint density at radius 2 is 2.06 bits per heavy atom. The molecule has 0 saturated carbocycles. The normalized spacial score (nSPS) is 11.4. The Morgan fingerprint density at radius 3 is 2.61 bits per heavy atom. The molecule has 102 valence electrons. The molecule has 1 aromatic rings. The molecule has 2 N–H and O–H groups in total. The topological polar surface area (TPSA) is 38.5 Å². The minimum atomic E-state index is -0.254. The van der Waals surface area contributed by atoms with Crippen molar-refractivity contribution >= 4 is 5.69 Å². The largest absolute Gasteiger partial charge is 0.495 e. The van der Waals surface area contributed by atoms with Crippen LogP contribution in [0.15, 0.2) is 18.2 Å². The summed E-state index contributed by atoms with van der Waals surface area (Å²) >= 11 is 0. The van der Waals surface area contributed by atoms with E-state index in [2.05, 4.69) is 13.8 Å². The fourth-order valence-electron chi connectivity index (χ4n) is 1.65. The maximum absolute atomic E-state index is 13.3. The van der Waals surface area contributed by atoms with Crippen molar-refractivity contribution in [1.82, 2.24) is 0 Å². The quantitative estimate of drug-likeness (QED) is 0.848. The van der Waals surface area contributed by atoms with Gasteiger partial charge in [-0.15, -0.1) is 0 Å². The number of hydrogen-bond donors (Lipinski definition) is 1. The van der Waals surface area contributed by atoms with Crippen LogP contribution in [0.25, 0.3) is 0 Å². The number of halogens is 1. The molecule has 0 saturated heterocycles. The Hall–Kier alpha value is -1.29. The second-order valence-electron chi connectivity index (χ2n) is 5.36. The molecule has 0 aliphatic carbocycles. The van der Waals surface area contributed by atoms with E-state index in [0.29, 0.717) is 12.3 Å². The number of nitrogens with two attached hydrogens (primary N) is 1. The lowest BCUT2D eigenvalue weighted by molar-refractivity contribution is 0.350. The summed E-state index contributed by atoms with van der Waals surface area (Å²) in [5.41, 5.74) is 6.57. The zero-order chi connectivity index (χ0) is 13.8. The lowest BCUT2D eigenvalue weighted by Gasteiger charge is -2.28. The van der Waals surface area contributed by atoms with Crippen molar-refractivity contribution in [2.45, 2.75) is 20.3 Å². The van der Waals surface area contributed by atoms with Crippen molar-refractivity contribution in [1.29, 1.82) is 0 Å². The van der Waals surface area contributed by atoms with Crippen molar-refractivity contribution in [2.75, 3.05) is 32.1 Å². The number of methoxy groups -OCH3 is 1. The molecular weight excluding hydrogens is 231 g/mol. The zero-order valence-corrected chi connectivity index (χ0v) is 11.7. The first-order valence-electron chi connectivity index (χ1n) is 6.14. The van der Waals surface area contributed by atoms with E-state index in [1.165, 1.54) is 12.1 Å². The number of anilines is 1. The summed E-state index contributed by atoms with van der Waals surface area (Å²) in [5.74, 6) is 0.431. The summed E-state index contributed by atoms with van der Waals surface area (Å²) in [5, 5.41) is 0. The fraction of sp³-hybridized carbons (Fsp3) is 0.571. The van der Waals surface area contributed by atoms with Gasteiger partial charge in [-0.25, -0.2) is 4.39 Å². The first kappa shape index (κ1) is 14.8. The third-order valence-electron chi connectivity index (χ3n) is 3.23. The summed E-state index contributed by atoms with van der Waals surface area (Å²) < 4.78 is 18.5. The molecule has 0 aromatic heterocycles. The molecule has 4 heteroatoms. The summed E-state index contributed by atoms with van der Waals surface area (Å²) in [6, 6.07) is 4.55.